The molecule has 0 aliphatic carbocycles. The number of carbonyl (C=O) groups excluding carboxylic acids is 1. The van der Waals surface area contributed by atoms with Gasteiger partial charge in [-0.15, -0.1) is 0 Å². The van der Waals surface area contributed by atoms with Crippen LogP contribution in [0.1, 0.15) is 50.2 Å². The monoisotopic (exact) mass is 318 g/mol. The van der Waals surface area contributed by atoms with Crippen molar-refractivity contribution in [3.05, 3.63) is 35.4 Å². The third-order valence-electron chi connectivity index (χ3n) is 4.72. The molecule has 0 atom stereocenters. The molecule has 0 bridgehead atoms. The molecule has 23 heavy (non-hydrogen) atoms. The summed E-state index contributed by atoms with van der Waals surface area (Å²) in [5.41, 5.74) is 2.70. The second-order valence-corrected chi connectivity index (χ2v) is 6.84. The Kier molecular flexibility index (Phi) is 6.90. The predicted molar refractivity (Wildman–Crippen MR) is 93.6 cm³/mol. The number of aryl methyl sites for hydroxylation is 1. The fourth-order valence-corrected chi connectivity index (χ4v) is 2.99. The molecule has 2 amide bonds. The number of hydrogen-bond donors (Lipinski definition) is 2. The van der Waals surface area contributed by atoms with E-state index in [1.54, 1.807) is 0 Å². The van der Waals surface area contributed by atoms with Crippen LogP contribution in [0.4, 0.5) is 4.79 Å². The highest BCUT2D eigenvalue weighted by Gasteiger charge is 2.21. The molecule has 0 radical (unpaired) electrons. The number of rotatable bonds is 6. The summed E-state index contributed by atoms with van der Waals surface area (Å²) in [5, 5.41) is 12.1. The maximum absolute atomic E-state index is 12.1. The zero-order valence-corrected chi connectivity index (χ0v) is 14.4. The maximum Gasteiger partial charge on any atom is 0.317 e. The van der Waals surface area contributed by atoms with Crippen molar-refractivity contribution in [2.45, 2.75) is 45.4 Å². The molecule has 4 heteroatoms. The number of benzene rings is 1. The summed E-state index contributed by atoms with van der Waals surface area (Å²) in [5.74, 6) is 0.936. The Morgan fingerprint density at radius 2 is 1.91 bits per heavy atom. The van der Waals surface area contributed by atoms with Crippen molar-refractivity contribution in [1.82, 2.24) is 10.2 Å². The molecule has 128 valence electrons. The standard InChI is InChI=1S/C19H30N2O2/c1-15(2)18-7-5-16(6-8-18)4-3-11-20-19(23)21-12-9-17(14-22)10-13-21/h5-8,15,17,22H,3-4,9-14H2,1-2H3,(H,20,23). The van der Waals surface area contributed by atoms with Gasteiger partial charge in [0, 0.05) is 26.2 Å². The molecule has 1 heterocycles. The number of amides is 2. The molecule has 1 fully saturated rings. The van der Waals surface area contributed by atoms with Gasteiger partial charge < -0.3 is 15.3 Å². The largest absolute Gasteiger partial charge is 0.396 e. The van der Waals surface area contributed by atoms with Crippen LogP contribution in [-0.4, -0.2) is 42.3 Å². The second-order valence-electron chi connectivity index (χ2n) is 6.84. The summed E-state index contributed by atoms with van der Waals surface area (Å²) in [6.07, 6.45) is 3.77. The minimum absolute atomic E-state index is 0.0385. The topological polar surface area (TPSA) is 52.6 Å². The van der Waals surface area contributed by atoms with E-state index in [1.807, 2.05) is 4.90 Å². The van der Waals surface area contributed by atoms with Crippen LogP contribution in [0.15, 0.2) is 24.3 Å². The smallest absolute Gasteiger partial charge is 0.317 e. The lowest BCUT2D eigenvalue weighted by atomic mass is 9.98. The van der Waals surface area contributed by atoms with Crippen LogP contribution in [0.25, 0.3) is 0 Å². The number of aliphatic hydroxyl groups is 1. The zero-order chi connectivity index (χ0) is 16.7. The average Bonchev–Trinajstić information content (AvgIpc) is 2.59. The van der Waals surface area contributed by atoms with Crippen LogP contribution in [0.3, 0.4) is 0 Å². The van der Waals surface area contributed by atoms with Gasteiger partial charge in [0.25, 0.3) is 0 Å². The fraction of sp³-hybridized carbons (Fsp3) is 0.632. The first-order valence-electron chi connectivity index (χ1n) is 8.82. The number of aliphatic hydroxyl groups excluding tert-OH is 1. The maximum atomic E-state index is 12.1. The van der Waals surface area contributed by atoms with Gasteiger partial charge in [-0.2, -0.15) is 0 Å². The second kappa shape index (κ2) is 8.92. The fourth-order valence-electron chi connectivity index (χ4n) is 2.99. The first-order valence-corrected chi connectivity index (χ1v) is 8.82. The summed E-state index contributed by atoms with van der Waals surface area (Å²) in [7, 11) is 0. The normalized spacial score (nSPS) is 15.9. The SMILES string of the molecule is CC(C)c1ccc(CCCNC(=O)N2CCC(CO)CC2)cc1. The van der Waals surface area contributed by atoms with Crippen molar-refractivity contribution in [3.8, 4) is 0 Å². The number of nitrogens with zero attached hydrogens (tertiary/aromatic N) is 1. The lowest BCUT2D eigenvalue weighted by Crippen LogP contribution is -2.45. The minimum Gasteiger partial charge on any atom is -0.396 e. The van der Waals surface area contributed by atoms with Gasteiger partial charge >= 0.3 is 6.03 Å². The van der Waals surface area contributed by atoms with Gasteiger partial charge in [-0.1, -0.05) is 38.1 Å². The van der Waals surface area contributed by atoms with Gasteiger partial charge in [0.15, 0.2) is 0 Å². The first-order chi connectivity index (χ1) is 11.1. The third-order valence-corrected chi connectivity index (χ3v) is 4.72. The molecule has 2 rings (SSSR count). The molecule has 1 saturated heterocycles. The Bertz CT molecular complexity index is 477. The van der Waals surface area contributed by atoms with Crippen LogP contribution in [0.5, 0.6) is 0 Å². The van der Waals surface area contributed by atoms with Gasteiger partial charge in [-0.3, -0.25) is 0 Å². The number of nitrogens with one attached hydrogen (secondary N) is 1. The number of piperidine rings is 1. The molecule has 0 spiro atoms. The van der Waals surface area contributed by atoms with E-state index in [0.29, 0.717) is 18.4 Å². The van der Waals surface area contributed by atoms with Crippen molar-refractivity contribution in [3.63, 3.8) is 0 Å². The molecule has 4 nitrogen and oxygen atoms in total. The Morgan fingerprint density at radius 3 is 2.48 bits per heavy atom. The molecule has 0 aromatic heterocycles. The highest BCUT2D eigenvalue weighted by molar-refractivity contribution is 5.74. The third kappa shape index (κ3) is 5.54. The molecule has 1 aliphatic heterocycles. The molecular formula is C19H30N2O2. The first kappa shape index (κ1) is 17.8. The predicted octanol–water partition coefficient (Wildman–Crippen LogP) is 3.16. The van der Waals surface area contributed by atoms with Gasteiger partial charge in [0.2, 0.25) is 0 Å². The summed E-state index contributed by atoms with van der Waals surface area (Å²) in [4.78, 5) is 13.9. The van der Waals surface area contributed by atoms with Crippen molar-refractivity contribution in [2.24, 2.45) is 5.92 Å². The van der Waals surface area contributed by atoms with E-state index in [1.165, 1.54) is 11.1 Å². The summed E-state index contributed by atoms with van der Waals surface area (Å²) in [6.45, 7) is 6.87. The van der Waals surface area contributed by atoms with E-state index in [4.69, 9.17) is 5.11 Å². The highest BCUT2D eigenvalue weighted by Crippen LogP contribution is 2.17. The average molecular weight is 318 g/mol. The molecule has 0 saturated carbocycles. The number of likely N-dealkylation sites (tertiary alicyclic amines) is 1. The van der Waals surface area contributed by atoms with E-state index < -0.39 is 0 Å². The van der Waals surface area contributed by atoms with E-state index in [-0.39, 0.29) is 12.6 Å². The van der Waals surface area contributed by atoms with Gasteiger partial charge in [-0.05, 0) is 48.6 Å². The molecule has 1 aliphatic rings. The van der Waals surface area contributed by atoms with Crippen LogP contribution in [0, 0.1) is 5.92 Å². The van der Waals surface area contributed by atoms with Crippen LogP contribution >= 0.6 is 0 Å². The molecule has 1 aromatic rings. The number of carbonyl (C=O) groups is 1. The minimum atomic E-state index is 0.0385. The van der Waals surface area contributed by atoms with E-state index in [0.717, 1.165) is 38.8 Å². The number of hydrogen-bond acceptors (Lipinski definition) is 2. The Morgan fingerprint density at radius 1 is 1.26 bits per heavy atom. The number of urea groups is 1. The van der Waals surface area contributed by atoms with Crippen molar-refractivity contribution in [2.75, 3.05) is 26.2 Å². The molecule has 0 unspecified atom stereocenters. The summed E-state index contributed by atoms with van der Waals surface area (Å²) in [6, 6.07) is 8.82. The van der Waals surface area contributed by atoms with E-state index in [9.17, 15) is 4.79 Å². The highest BCUT2D eigenvalue weighted by atomic mass is 16.3. The Balaban J connectivity index is 1.64. The van der Waals surface area contributed by atoms with E-state index >= 15 is 0 Å². The van der Waals surface area contributed by atoms with Crippen LogP contribution in [-0.2, 0) is 6.42 Å². The van der Waals surface area contributed by atoms with Gasteiger partial charge in [-0.25, -0.2) is 4.79 Å². The van der Waals surface area contributed by atoms with Gasteiger partial charge in [0.1, 0.15) is 0 Å². The van der Waals surface area contributed by atoms with Crippen molar-refractivity contribution in [1.29, 1.82) is 0 Å². The summed E-state index contributed by atoms with van der Waals surface area (Å²) >= 11 is 0. The van der Waals surface area contributed by atoms with Crippen molar-refractivity contribution >= 4 is 6.03 Å². The van der Waals surface area contributed by atoms with Crippen LogP contribution < -0.4 is 5.32 Å². The van der Waals surface area contributed by atoms with E-state index in [2.05, 4.69) is 43.4 Å². The summed E-state index contributed by atoms with van der Waals surface area (Å²) < 4.78 is 0. The Hall–Kier alpha value is -1.55. The van der Waals surface area contributed by atoms with Gasteiger partial charge in [0.05, 0.1) is 0 Å². The quantitative estimate of drug-likeness (QED) is 0.792. The molecule has 1 aromatic carbocycles. The Labute approximate surface area is 139 Å². The van der Waals surface area contributed by atoms with Crippen molar-refractivity contribution < 1.29 is 9.90 Å². The lowest BCUT2D eigenvalue weighted by Gasteiger charge is -2.31. The zero-order valence-electron chi connectivity index (χ0n) is 14.4. The molecular weight excluding hydrogens is 288 g/mol. The van der Waals surface area contributed by atoms with Crippen LogP contribution in [0.2, 0.25) is 0 Å². The molecule has 2 N–H and O–H groups in total. The lowest BCUT2D eigenvalue weighted by molar-refractivity contribution is 0.137.